The van der Waals surface area contributed by atoms with Gasteiger partial charge in [-0.3, -0.25) is 0 Å². The van der Waals surface area contributed by atoms with E-state index >= 15 is 0 Å². The molecule has 0 heterocycles. The summed E-state index contributed by atoms with van der Waals surface area (Å²) in [5.41, 5.74) is -0.692. The maximum atomic E-state index is 13.6. The topological polar surface area (TPSA) is 61.4 Å². The molecule has 0 radical (unpaired) electrons. The van der Waals surface area contributed by atoms with Crippen LogP contribution in [0.5, 0.6) is 0 Å². The molecule has 4 nitrogen and oxygen atoms in total. The van der Waals surface area contributed by atoms with Gasteiger partial charge in [0.25, 0.3) is 0 Å². The zero-order valence-electron chi connectivity index (χ0n) is 11.0. The molecule has 0 saturated heterocycles. The van der Waals surface area contributed by atoms with Crippen LogP contribution in [0.3, 0.4) is 0 Å². The molecule has 0 fully saturated rings. The van der Waals surface area contributed by atoms with Gasteiger partial charge >= 0.3 is 6.03 Å². The summed E-state index contributed by atoms with van der Waals surface area (Å²) in [6.07, 6.45) is 1.15. The Labute approximate surface area is 117 Å². The Hall–Kier alpha value is -1.33. The molecule has 0 aliphatic carbocycles. The number of halogens is 2. The lowest BCUT2D eigenvalue weighted by atomic mass is 9.94. The van der Waals surface area contributed by atoms with Crippen molar-refractivity contribution in [3.8, 4) is 0 Å². The number of hydrogen-bond donors (Lipinski definition) is 3. The molecule has 3 N–H and O–H groups in total. The van der Waals surface area contributed by atoms with Gasteiger partial charge in [-0.1, -0.05) is 31.5 Å². The Bertz CT molecular complexity index is 442. The average Bonchev–Trinajstić information content (AvgIpc) is 2.41. The number of aliphatic hydroxyl groups is 1. The van der Waals surface area contributed by atoms with Crippen molar-refractivity contribution in [1.29, 1.82) is 0 Å². The van der Waals surface area contributed by atoms with Crippen LogP contribution in [-0.2, 0) is 0 Å². The van der Waals surface area contributed by atoms with Gasteiger partial charge in [-0.2, -0.15) is 0 Å². The van der Waals surface area contributed by atoms with Gasteiger partial charge in [-0.15, -0.1) is 0 Å². The van der Waals surface area contributed by atoms with E-state index in [0.29, 0.717) is 12.8 Å². The van der Waals surface area contributed by atoms with Crippen LogP contribution in [-0.4, -0.2) is 23.3 Å². The molecule has 1 aromatic carbocycles. The highest BCUT2D eigenvalue weighted by Crippen LogP contribution is 2.22. The first-order valence-electron chi connectivity index (χ1n) is 6.12. The van der Waals surface area contributed by atoms with Gasteiger partial charge in [0.1, 0.15) is 0 Å². The van der Waals surface area contributed by atoms with Gasteiger partial charge in [0, 0.05) is 0 Å². The average molecular weight is 289 g/mol. The van der Waals surface area contributed by atoms with Gasteiger partial charge in [-0.25, -0.2) is 9.18 Å². The van der Waals surface area contributed by atoms with E-state index in [-0.39, 0.29) is 17.3 Å². The standard InChI is InChI=1S/C13H18ClFN2O2/c1-3-13(4-2,8-18)17-12(19)16-10-7-5-6-9(14)11(10)15/h5-7,18H,3-4,8H2,1-2H3,(H2,16,17,19). The third-order valence-corrected chi connectivity index (χ3v) is 3.53. The SMILES string of the molecule is CCC(CC)(CO)NC(=O)Nc1cccc(Cl)c1F. The molecule has 0 bridgehead atoms. The quantitative estimate of drug-likeness (QED) is 0.779. The summed E-state index contributed by atoms with van der Waals surface area (Å²) in [6.45, 7) is 3.55. The van der Waals surface area contributed by atoms with Crippen molar-refractivity contribution in [3.63, 3.8) is 0 Å². The van der Waals surface area contributed by atoms with Crippen molar-refractivity contribution < 1.29 is 14.3 Å². The molecule has 0 aromatic heterocycles. The van der Waals surface area contributed by atoms with Crippen LogP contribution in [0.2, 0.25) is 5.02 Å². The van der Waals surface area contributed by atoms with E-state index in [2.05, 4.69) is 10.6 Å². The minimum Gasteiger partial charge on any atom is -0.394 e. The smallest absolute Gasteiger partial charge is 0.319 e. The fourth-order valence-corrected chi connectivity index (χ4v) is 1.86. The molecule has 1 aromatic rings. The van der Waals surface area contributed by atoms with Crippen molar-refractivity contribution in [1.82, 2.24) is 5.32 Å². The van der Waals surface area contributed by atoms with Crippen LogP contribution in [0.25, 0.3) is 0 Å². The Kier molecular flexibility index (Phi) is 5.57. The summed E-state index contributed by atoms with van der Waals surface area (Å²) in [6, 6.07) is 3.79. The number of carbonyl (C=O) groups excluding carboxylic acids is 1. The summed E-state index contributed by atoms with van der Waals surface area (Å²) >= 11 is 5.63. The molecule has 1 rings (SSSR count). The lowest BCUT2D eigenvalue weighted by molar-refractivity contribution is 0.155. The van der Waals surface area contributed by atoms with E-state index in [1.807, 2.05) is 13.8 Å². The van der Waals surface area contributed by atoms with E-state index in [4.69, 9.17) is 11.6 Å². The van der Waals surface area contributed by atoms with Crippen molar-refractivity contribution in [2.45, 2.75) is 32.2 Å². The normalized spacial score (nSPS) is 11.2. The Morgan fingerprint density at radius 3 is 2.58 bits per heavy atom. The Morgan fingerprint density at radius 1 is 1.42 bits per heavy atom. The summed E-state index contributed by atoms with van der Waals surface area (Å²) in [7, 11) is 0. The number of hydrogen-bond acceptors (Lipinski definition) is 2. The summed E-state index contributed by atoms with van der Waals surface area (Å²) in [4.78, 5) is 11.8. The number of benzene rings is 1. The first kappa shape index (κ1) is 15.7. The number of nitrogens with one attached hydrogen (secondary N) is 2. The van der Waals surface area contributed by atoms with E-state index in [0.717, 1.165) is 0 Å². The van der Waals surface area contributed by atoms with Crippen LogP contribution in [0.1, 0.15) is 26.7 Å². The highest BCUT2D eigenvalue weighted by Gasteiger charge is 2.27. The van der Waals surface area contributed by atoms with Crippen LogP contribution in [0.15, 0.2) is 18.2 Å². The summed E-state index contributed by atoms with van der Waals surface area (Å²) in [5, 5.41) is 14.3. The number of rotatable bonds is 5. The molecule has 0 spiro atoms. The number of carbonyl (C=O) groups is 1. The largest absolute Gasteiger partial charge is 0.394 e. The molecule has 0 aliphatic rings. The maximum absolute atomic E-state index is 13.6. The van der Waals surface area contributed by atoms with Crippen molar-refractivity contribution in [2.24, 2.45) is 0 Å². The zero-order chi connectivity index (χ0) is 14.5. The molecule has 0 saturated carbocycles. The molecule has 19 heavy (non-hydrogen) atoms. The van der Waals surface area contributed by atoms with Gasteiger partial charge in [-0.05, 0) is 25.0 Å². The first-order chi connectivity index (χ1) is 8.98. The monoisotopic (exact) mass is 288 g/mol. The predicted molar refractivity (Wildman–Crippen MR) is 74.0 cm³/mol. The second-order valence-electron chi connectivity index (χ2n) is 4.33. The Balaban J connectivity index is 2.78. The molecule has 6 heteroatoms. The van der Waals surface area contributed by atoms with Crippen LogP contribution in [0.4, 0.5) is 14.9 Å². The van der Waals surface area contributed by atoms with Gasteiger partial charge < -0.3 is 15.7 Å². The number of urea groups is 1. The number of anilines is 1. The van der Waals surface area contributed by atoms with Crippen molar-refractivity contribution in [2.75, 3.05) is 11.9 Å². The highest BCUT2D eigenvalue weighted by atomic mass is 35.5. The maximum Gasteiger partial charge on any atom is 0.319 e. The van der Waals surface area contributed by atoms with Crippen molar-refractivity contribution >= 4 is 23.3 Å². The minimum absolute atomic E-state index is 0.00375. The molecule has 106 valence electrons. The fourth-order valence-electron chi connectivity index (χ4n) is 1.68. The van der Waals surface area contributed by atoms with Crippen LogP contribution < -0.4 is 10.6 Å². The number of aliphatic hydroxyl groups excluding tert-OH is 1. The predicted octanol–water partition coefficient (Wildman–Crippen LogP) is 3.15. The summed E-state index contributed by atoms with van der Waals surface area (Å²) in [5.74, 6) is -0.679. The van der Waals surface area contributed by atoms with E-state index in [1.54, 1.807) is 6.07 Å². The highest BCUT2D eigenvalue weighted by molar-refractivity contribution is 6.31. The zero-order valence-corrected chi connectivity index (χ0v) is 11.7. The number of amides is 2. The third kappa shape index (κ3) is 3.81. The van der Waals surface area contributed by atoms with Crippen LogP contribution in [0, 0.1) is 5.82 Å². The molecular formula is C13H18ClFN2O2. The van der Waals surface area contributed by atoms with Gasteiger partial charge in [0.2, 0.25) is 0 Å². The Morgan fingerprint density at radius 2 is 2.05 bits per heavy atom. The first-order valence-corrected chi connectivity index (χ1v) is 6.50. The molecule has 2 amide bonds. The molecular weight excluding hydrogens is 271 g/mol. The lowest BCUT2D eigenvalue weighted by Gasteiger charge is -2.30. The second kappa shape index (κ2) is 6.73. The van der Waals surface area contributed by atoms with E-state index in [9.17, 15) is 14.3 Å². The third-order valence-electron chi connectivity index (χ3n) is 3.23. The molecule has 0 aliphatic heterocycles. The van der Waals surface area contributed by atoms with E-state index in [1.165, 1.54) is 12.1 Å². The lowest BCUT2D eigenvalue weighted by Crippen LogP contribution is -2.52. The summed E-state index contributed by atoms with van der Waals surface area (Å²) < 4.78 is 13.6. The van der Waals surface area contributed by atoms with Gasteiger partial charge in [0.05, 0.1) is 22.9 Å². The van der Waals surface area contributed by atoms with Gasteiger partial charge in [0.15, 0.2) is 5.82 Å². The minimum atomic E-state index is -0.695. The second-order valence-corrected chi connectivity index (χ2v) is 4.73. The van der Waals surface area contributed by atoms with E-state index < -0.39 is 17.4 Å². The fraction of sp³-hybridized carbons (Fsp3) is 0.462. The molecule has 0 atom stereocenters. The van der Waals surface area contributed by atoms with Crippen LogP contribution >= 0.6 is 11.6 Å². The molecule has 0 unspecified atom stereocenters. The van der Waals surface area contributed by atoms with Crippen molar-refractivity contribution in [3.05, 3.63) is 29.0 Å².